The molecule has 1 aliphatic heterocycles. The molecule has 0 unspecified atom stereocenters. The van der Waals surface area contributed by atoms with Crippen LogP contribution in [0.5, 0.6) is 0 Å². The Balaban J connectivity index is 1.47. The molecule has 1 saturated heterocycles. The molecule has 0 aromatic heterocycles. The summed E-state index contributed by atoms with van der Waals surface area (Å²) < 4.78 is 0. The van der Waals surface area contributed by atoms with Crippen LogP contribution in [0.3, 0.4) is 0 Å². The fraction of sp³-hybridized carbons (Fsp3) is 0.842. The summed E-state index contributed by atoms with van der Waals surface area (Å²) in [5.41, 5.74) is 0. The maximum Gasteiger partial charge on any atom is 0.191 e. The van der Waals surface area contributed by atoms with E-state index in [2.05, 4.69) is 29.0 Å². The minimum atomic E-state index is 0.564. The first-order chi connectivity index (χ1) is 11.3. The van der Waals surface area contributed by atoms with Crippen LogP contribution in [0.2, 0.25) is 0 Å². The summed E-state index contributed by atoms with van der Waals surface area (Å²) >= 11 is 0. The van der Waals surface area contributed by atoms with Crippen LogP contribution in [0.4, 0.5) is 0 Å². The van der Waals surface area contributed by atoms with Crippen LogP contribution in [0.1, 0.15) is 45.4 Å². The summed E-state index contributed by atoms with van der Waals surface area (Å²) in [6.07, 6.45) is 10.2. The van der Waals surface area contributed by atoms with Crippen molar-refractivity contribution in [3.63, 3.8) is 0 Å². The zero-order chi connectivity index (χ0) is 16.1. The van der Waals surface area contributed by atoms with Crippen LogP contribution < -0.4 is 10.6 Å². The number of hydrogen-bond acceptors (Lipinski definition) is 2. The van der Waals surface area contributed by atoms with Gasteiger partial charge in [0.15, 0.2) is 5.96 Å². The van der Waals surface area contributed by atoms with Gasteiger partial charge in [0.2, 0.25) is 0 Å². The van der Waals surface area contributed by atoms with Crippen LogP contribution in [0.15, 0.2) is 17.6 Å². The SMILES string of the molecule is C=CCN1CCC(NC(=NCC(C2CC2)C2CC2)NCC)CC1. The average molecular weight is 319 g/mol. The summed E-state index contributed by atoms with van der Waals surface area (Å²) in [7, 11) is 0. The first-order valence-corrected chi connectivity index (χ1v) is 9.68. The molecule has 0 radical (unpaired) electrons. The predicted octanol–water partition coefficient (Wildman–Crippen LogP) is 2.63. The number of aliphatic imine (C=N–C) groups is 1. The normalized spacial score (nSPS) is 24.0. The summed E-state index contributed by atoms with van der Waals surface area (Å²) in [5, 5.41) is 7.13. The van der Waals surface area contributed by atoms with Gasteiger partial charge in [-0.2, -0.15) is 0 Å². The van der Waals surface area contributed by atoms with E-state index in [0.717, 1.165) is 56.4 Å². The van der Waals surface area contributed by atoms with Crippen LogP contribution in [-0.2, 0) is 0 Å². The van der Waals surface area contributed by atoms with Gasteiger partial charge in [-0.05, 0) is 63.2 Å². The molecule has 0 atom stereocenters. The first-order valence-electron chi connectivity index (χ1n) is 9.68. The van der Waals surface area contributed by atoms with E-state index < -0.39 is 0 Å². The lowest BCUT2D eigenvalue weighted by atomic mass is 9.98. The average Bonchev–Trinajstić information content (AvgIpc) is 3.44. The Morgan fingerprint density at radius 3 is 2.35 bits per heavy atom. The molecule has 4 heteroatoms. The van der Waals surface area contributed by atoms with Crippen molar-refractivity contribution in [3.05, 3.63) is 12.7 Å². The molecular weight excluding hydrogens is 284 g/mol. The molecule has 0 amide bonds. The lowest BCUT2D eigenvalue weighted by Crippen LogP contribution is -2.48. The van der Waals surface area contributed by atoms with E-state index in [1.807, 2.05) is 6.08 Å². The zero-order valence-corrected chi connectivity index (χ0v) is 14.8. The molecular formula is C19H34N4. The molecule has 0 aromatic carbocycles. The molecule has 0 spiro atoms. The molecule has 2 aliphatic carbocycles. The molecule has 2 N–H and O–H groups in total. The quantitative estimate of drug-likeness (QED) is 0.410. The van der Waals surface area contributed by atoms with Gasteiger partial charge in [0.1, 0.15) is 0 Å². The fourth-order valence-electron chi connectivity index (χ4n) is 3.88. The Bertz CT molecular complexity index is 392. The van der Waals surface area contributed by atoms with Crippen LogP contribution in [0.25, 0.3) is 0 Å². The topological polar surface area (TPSA) is 39.7 Å². The molecule has 1 heterocycles. The number of guanidine groups is 1. The highest BCUT2D eigenvalue weighted by Crippen LogP contribution is 2.49. The van der Waals surface area contributed by atoms with Gasteiger partial charge in [0, 0.05) is 38.8 Å². The Morgan fingerprint density at radius 2 is 1.83 bits per heavy atom. The highest BCUT2D eigenvalue weighted by atomic mass is 15.2. The van der Waals surface area contributed by atoms with E-state index >= 15 is 0 Å². The summed E-state index contributed by atoms with van der Waals surface area (Å²) in [4.78, 5) is 7.43. The molecule has 3 fully saturated rings. The first kappa shape index (κ1) is 16.8. The maximum atomic E-state index is 4.95. The number of nitrogens with one attached hydrogen (secondary N) is 2. The third kappa shape index (κ3) is 5.23. The second-order valence-electron chi connectivity index (χ2n) is 7.57. The summed E-state index contributed by atoms with van der Waals surface area (Å²) in [6, 6.07) is 0.564. The second kappa shape index (κ2) is 8.18. The lowest BCUT2D eigenvalue weighted by molar-refractivity contribution is 0.225. The van der Waals surface area contributed by atoms with E-state index in [1.165, 1.54) is 38.5 Å². The highest BCUT2D eigenvalue weighted by molar-refractivity contribution is 5.80. The van der Waals surface area contributed by atoms with E-state index in [0.29, 0.717) is 6.04 Å². The van der Waals surface area contributed by atoms with E-state index in [9.17, 15) is 0 Å². The molecule has 0 aromatic rings. The van der Waals surface area contributed by atoms with E-state index in [-0.39, 0.29) is 0 Å². The minimum absolute atomic E-state index is 0.564. The van der Waals surface area contributed by atoms with Crippen LogP contribution in [0, 0.1) is 17.8 Å². The van der Waals surface area contributed by atoms with Gasteiger partial charge in [-0.15, -0.1) is 6.58 Å². The third-order valence-electron chi connectivity index (χ3n) is 5.58. The highest BCUT2D eigenvalue weighted by Gasteiger charge is 2.41. The monoisotopic (exact) mass is 318 g/mol. The van der Waals surface area contributed by atoms with Crippen molar-refractivity contribution in [1.29, 1.82) is 0 Å². The molecule has 3 rings (SSSR count). The van der Waals surface area contributed by atoms with Gasteiger partial charge >= 0.3 is 0 Å². The van der Waals surface area contributed by atoms with Gasteiger partial charge in [-0.25, -0.2) is 0 Å². The molecule has 23 heavy (non-hydrogen) atoms. The van der Waals surface area contributed by atoms with Gasteiger partial charge < -0.3 is 10.6 Å². The molecule has 0 bridgehead atoms. The number of piperidine rings is 1. The number of likely N-dealkylation sites (tertiary alicyclic amines) is 1. The van der Waals surface area contributed by atoms with Crippen molar-refractivity contribution in [2.45, 2.75) is 51.5 Å². The minimum Gasteiger partial charge on any atom is -0.357 e. The van der Waals surface area contributed by atoms with Crippen molar-refractivity contribution >= 4 is 5.96 Å². The Kier molecular flexibility index (Phi) is 5.98. The largest absolute Gasteiger partial charge is 0.357 e. The predicted molar refractivity (Wildman–Crippen MR) is 97.7 cm³/mol. The molecule has 4 nitrogen and oxygen atoms in total. The van der Waals surface area contributed by atoms with Crippen LogP contribution >= 0.6 is 0 Å². The fourth-order valence-corrected chi connectivity index (χ4v) is 3.88. The Morgan fingerprint density at radius 1 is 1.17 bits per heavy atom. The van der Waals surface area contributed by atoms with Crippen molar-refractivity contribution in [2.75, 3.05) is 32.7 Å². The van der Waals surface area contributed by atoms with Gasteiger partial charge in [-0.3, -0.25) is 9.89 Å². The number of hydrogen-bond donors (Lipinski definition) is 2. The summed E-state index contributed by atoms with van der Waals surface area (Å²) in [6.45, 7) is 11.3. The molecule has 130 valence electrons. The van der Waals surface area contributed by atoms with Crippen molar-refractivity contribution < 1.29 is 0 Å². The number of nitrogens with zero attached hydrogens (tertiary/aromatic N) is 2. The smallest absolute Gasteiger partial charge is 0.191 e. The molecule has 2 saturated carbocycles. The zero-order valence-electron chi connectivity index (χ0n) is 14.8. The molecule has 3 aliphatic rings. The van der Waals surface area contributed by atoms with Crippen molar-refractivity contribution in [2.24, 2.45) is 22.7 Å². The Hall–Kier alpha value is -1.03. The third-order valence-corrected chi connectivity index (χ3v) is 5.58. The van der Waals surface area contributed by atoms with Crippen molar-refractivity contribution in [1.82, 2.24) is 15.5 Å². The van der Waals surface area contributed by atoms with Crippen LogP contribution in [-0.4, -0.2) is 49.6 Å². The lowest BCUT2D eigenvalue weighted by Gasteiger charge is -2.32. The summed E-state index contributed by atoms with van der Waals surface area (Å²) in [5.74, 6) is 3.87. The van der Waals surface area contributed by atoms with Gasteiger partial charge in [0.05, 0.1) is 0 Å². The van der Waals surface area contributed by atoms with Crippen molar-refractivity contribution in [3.8, 4) is 0 Å². The second-order valence-corrected chi connectivity index (χ2v) is 7.57. The maximum absolute atomic E-state index is 4.95. The van der Waals surface area contributed by atoms with E-state index in [4.69, 9.17) is 4.99 Å². The van der Waals surface area contributed by atoms with E-state index in [1.54, 1.807) is 0 Å². The Labute approximate surface area is 141 Å². The van der Waals surface area contributed by atoms with Gasteiger partial charge in [-0.1, -0.05) is 6.08 Å². The van der Waals surface area contributed by atoms with Gasteiger partial charge in [0.25, 0.3) is 0 Å². The standard InChI is InChI=1S/C19H34N4/c1-3-11-23-12-9-17(10-13-23)22-19(20-4-2)21-14-18(15-5-6-15)16-7-8-16/h3,15-18H,1,4-14H2,2H3,(H2,20,21,22). The number of rotatable bonds is 8.